The van der Waals surface area contributed by atoms with Gasteiger partial charge in [-0.25, -0.2) is 4.98 Å². The van der Waals surface area contributed by atoms with E-state index in [-0.39, 0.29) is 35.1 Å². The van der Waals surface area contributed by atoms with Crippen molar-refractivity contribution in [2.24, 2.45) is 0 Å². The zero-order valence-electron chi connectivity index (χ0n) is 18.5. The van der Waals surface area contributed by atoms with Crippen LogP contribution in [-0.2, 0) is 6.54 Å². The Morgan fingerprint density at radius 2 is 1.74 bits per heavy atom. The minimum Gasteiger partial charge on any atom is -0.545 e. The molecule has 0 unspecified atom stereocenters. The summed E-state index contributed by atoms with van der Waals surface area (Å²) >= 11 is 1.69. The van der Waals surface area contributed by atoms with E-state index in [0.29, 0.717) is 12.0 Å². The molecule has 4 rings (SSSR count). The van der Waals surface area contributed by atoms with Crippen molar-refractivity contribution < 1.29 is 39.5 Å². The van der Waals surface area contributed by atoms with Crippen LogP contribution in [0, 0.1) is 0 Å². The van der Waals surface area contributed by atoms with Crippen molar-refractivity contribution in [1.29, 1.82) is 0 Å². The van der Waals surface area contributed by atoms with Crippen molar-refractivity contribution in [2.45, 2.75) is 58.0 Å². The summed E-state index contributed by atoms with van der Waals surface area (Å²) in [4.78, 5) is 18.4. The van der Waals surface area contributed by atoms with Crippen molar-refractivity contribution in [2.75, 3.05) is 4.90 Å². The molecule has 0 radical (unpaired) electrons. The Labute approximate surface area is 210 Å². The number of aromatic nitrogens is 1. The molecule has 1 saturated carbocycles. The van der Waals surface area contributed by atoms with Crippen LogP contribution in [0.2, 0.25) is 0 Å². The molecule has 0 bridgehead atoms. The number of hydrogen-bond acceptors (Lipinski definition) is 5. The van der Waals surface area contributed by atoms with Crippen LogP contribution in [0.15, 0.2) is 53.9 Å². The van der Waals surface area contributed by atoms with Crippen LogP contribution in [0.4, 0.5) is 5.13 Å². The number of carboxylic acids is 1. The Kier molecular flexibility index (Phi) is 8.34. The van der Waals surface area contributed by atoms with E-state index < -0.39 is 5.97 Å². The normalized spacial score (nSPS) is 13.9. The van der Waals surface area contributed by atoms with Crippen LogP contribution in [0.25, 0.3) is 11.3 Å². The maximum atomic E-state index is 11.0. The molecular formula is C25H27N2NaO2S. The van der Waals surface area contributed by atoms with Gasteiger partial charge in [-0.15, -0.1) is 11.3 Å². The summed E-state index contributed by atoms with van der Waals surface area (Å²) in [5.41, 5.74) is 4.80. The van der Waals surface area contributed by atoms with Crippen molar-refractivity contribution in [3.63, 3.8) is 0 Å². The average Bonchev–Trinajstić information content (AvgIpc) is 3.45. The Hall–Kier alpha value is -1.66. The van der Waals surface area contributed by atoms with Crippen molar-refractivity contribution >= 4 is 22.4 Å². The third kappa shape index (κ3) is 5.78. The zero-order chi connectivity index (χ0) is 21.1. The Bertz CT molecular complexity index is 993. The first-order chi connectivity index (χ1) is 14.5. The van der Waals surface area contributed by atoms with Crippen LogP contribution >= 0.6 is 11.3 Å². The molecule has 0 aliphatic heterocycles. The van der Waals surface area contributed by atoms with E-state index >= 15 is 0 Å². The number of anilines is 1. The van der Waals surface area contributed by atoms with E-state index in [2.05, 4.69) is 48.4 Å². The van der Waals surface area contributed by atoms with Crippen molar-refractivity contribution in [1.82, 2.24) is 4.98 Å². The molecule has 2 aromatic carbocycles. The Morgan fingerprint density at radius 1 is 1.10 bits per heavy atom. The molecule has 1 fully saturated rings. The molecule has 1 heterocycles. The molecule has 1 aliphatic carbocycles. The molecule has 4 nitrogen and oxygen atoms in total. The third-order valence-corrected chi connectivity index (χ3v) is 6.80. The fraction of sp³-hybridized carbons (Fsp3) is 0.360. The zero-order valence-corrected chi connectivity index (χ0v) is 21.3. The predicted molar refractivity (Wildman–Crippen MR) is 121 cm³/mol. The summed E-state index contributed by atoms with van der Waals surface area (Å²) in [5, 5.41) is 14.2. The molecule has 3 aromatic rings. The second-order valence-electron chi connectivity index (χ2n) is 8.34. The second-order valence-corrected chi connectivity index (χ2v) is 9.18. The average molecular weight is 443 g/mol. The van der Waals surface area contributed by atoms with Crippen LogP contribution in [0.3, 0.4) is 0 Å². The molecule has 0 spiro atoms. The topological polar surface area (TPSA) is 56.3 Å². The van der Waals surface area contributed by atoms with E-state index in [4.69, 9.17) is 4.98 Å². The minimum atomic E-state index is -1.14. The van der Waals surface area contributed by atoms with Gasteiger partial charge in [0.1, 0.15) is 0 Å². The molecule has 0 N–H and O–H groups in total. The predicted octanol–water partition coefficient (Wildman–Crippen LogP) is 2.25. The molecule has 0 saturated heterocycles. The van der Waals surface area contributed by atoms with Gasteiger partial charge in [0.2, 0.25) is 0 Å². The van der Waals surface area contributed by atoms with Crippen LogP contribution in [-0.4, -0.2) is 17.0 Å². The quantitative estimate of drug-likeness (QED) is 0.527. The summed E-state index contributed by atoms with van der Waals surface area (Å²) in [7, 11) is 0. The molecule has 0 atom stereocenters. The van der Waals surface area contributed by atoms with E-state index in [1.54, 1.807) is 23.5 Å². The maximum absolute atomic E-state index is 11.0. The van der Waals surface area contributed by atoms with Gasteiger partial charge >= 0.3 is 29.6 Å². The number of nitrogens with zero attached hydrogens (tertiary/aromatic N) is 2. The van der Waals surface area contributed by atoms with Gasteiger partial charge < -0.3 is 14.8 Å². The van der Waals surface area contributed by atoms with Gasteiger partial charge in [0.25, 0.3) is 0 Å². The van der Waals surface area contributed by atoms with Crippen LogP contribution in [0.5, 0.6) is 0 Å². The second kappa shape index (κ2) is 10.8. The number of aromatic carboxylic acids is 1. The Morgan fingerprint density at radius 3 is 2.32 bits per heavy atom. The summed E-state index contributed by atoms with van der Waals surface area (Å²) in [6.07, 6.45) is 4.85. The SMILES string of the molecule is CC(C)c1ccc(-c2csc(N(Cc3ccc(C(=O)[O-])cc3)C3CCCC3)n2)cc1.[Na+]. The molecule has 1 aliphatic rings. The van der Waals surface area contributed by atoms with Crippen LogP contribution in [0.1, 0.15) is 66.9 Å². The van der Waals surface area contributed by atoms with Gasteiger partial charge in [0.05, 0.1) is 11.7 Å². The number of benzene rings is 2. The summed E-state index contributed by atoms with van der Waals surface area (Å²) in [6.45, 7) is 5.14. The van der Waals surface area contributed by atoms with Gasteiger partial charge in [0, 0.05) is 23.5 Å². The molecule has 1 aromatic heterocycles. The van der Waals surface area contributed by atoms with E-state index in [1.165, 1.54) is 31.2 Å². The maximum Gasteiger partial charge on any atom is 1.00 e. The van der Waals surface area contributed by atoms with Gasteiger partial charge in [-0.3, -0.25) is 0 Å². The monoisotopic (exact) mass is 442 g/mol. The number of rotatable bonds is 7. The first-order valence-electron chi connectivity index (χ1n) is 10.6. The molecule has 6 heteroatoms. The molecule has 31 heavy (non-hydrogen) atoms. The van der Waals surface area contributed by atoms with Gasteiger partial charge in [0.15, 0.2) is 5.13 Å². The smallest absolute Gasteiger partial charge is 0.545 e. The first kappa shape index (κ1) is 24.0. The summed E-state index contributed by atoms with van der Waals surface area (Å²) in [5.74, 6) is -0.617. The van der Waals surface area contributed by atoms with Gasteiger partial charge in [-0.1, -0.05) is 75.2 Å². The molecular weight excluding hydrogens is 415 g/mol. The molecule has 0 amide bonds. The van der Waals surface area contributed by atoms with E-state index in [1.807, 2.05) is 12.1 Å². The minimum absolute atomic E-state index is 0. The largest absolute Gasteiger partial charge is 1.00 e. The standard InChI is InChI=1S/C25H28N2O2S.Na/c1-17(2)19-11-13-20(14-12-19)23-16-30-25(26-23)27(22-5-3-4-6-22)15-18-7-9-21(10-8-18)24(28)29;/h7-14,16-17,22H,3-6,15H2,1-2H3,(H,28,29);/q;+1/p-1. The summed E-state index contributed by atoms with van der Waals surface area (Å²) in [6, 6.07) is 16.2. The number of carbonyl (C=O) groups excluding carboxylic acids is 1. The fourth-order valence-corrected chi connectivity index (χ4v) is 4.99. The third-order valence-electron chi connectivity index (χ3n) is 5.92. The Balaban J connectivity index is 0.00000272. The fourth-order valence-electron chi connectivity index (χ4n) is 4.08. The number of carboxylic acid groups (broad SMARTS) is 1. The number of hydrogen-bond donors (Lipinski definition) is 0. The van der Waals surface area contributed by atoms with Gasteiger partial charge in [-0.05, 0) is 35.4 Å². The van der Waals surface area contributed by atoms with Crippen molar-refractivity contribution in [3.8, 4) is 11.3 Å². The summed E-state index contributed by atoms with van der Waals surface area (Å²) < 4.78 is 0. The molecule has 156 valence electrons. The number of carbonyl (C=O) groups is 1. The van der Waals surface area contributed by atoms with Gasteiger partial charge in [-0.2, -0.15) is 0 Å². The van der Waals surface area contributed by atoms with E-state index in [9.17, 15) is 9.90 Å². The van der Waals surface area contributed by atoms with Crippen molar-refractivity contribution in [3.05, 3.63) is 70.6 Å². The number of thiazole rings is 1. The van der Waals surface area contributed by atoms with Crippen LogP contribution < -0.4 is 39.6 Å². The first-order valence-corrected chi connectivity index (χ1v) is 11.5. The van der Waals surface area contributed by atoms with E-state index in [0.717, 1.165) is 28.5 Å².